The van der Waals surface area contributed by atoms with E-state index in [1.165, 1.54) is 16.7 Å². The zero-order valence-corrected chi connectivity index (χ0v) is 17.7. The number of fused-ring (bicyclic) bond motifs is 1. The maximum absolute atomic E-state index is 13.2. The van der Waals surface area contributed by atoms with Crippen molar-refractivity contribution in [1.82, 2.24) is 14.0 Å². The van der Waals surface area contributed by atoms with Gasteiger partial charge < -0.3 is 9.67 Å². The van der Waals surface area contributed by atoms with E-state index in [-0.39, 0.29) is 23.4 Å². The van der Waals surface area contributed by atoms with Crippen LogP contribution in [-0.4, -0.2) is 38.2 Å². The van der Waals surface area contributed by atoms with Crippen LogP contribution < -0.4 is 11.2 Å². The van der Waals surface area contributed by atoms with Gasteiger partial charge in [0.15, 0.2) is 0 Å². The van der Waals surface area contributed by atoms with Crippen LogP contribution >= 0.6 is 0 Å². The summed E-state index contributed by atoms with van der Waals surface area (Å²) in [7, 11) is 1.69. The zero-order valence-electron chi connectivity index (χ0n) is 17.7. The minimum absolute atomic E-state index is 0.0898. The molecule has 0 unspecified atom stereocenters. The third kappa shape index (κ3) is 4.41. The molecule has 1 aromatic heterocycles. The number of nitrogens with zero attached hydrogens (tertiary/aromatic N) is 3. The average Bonchev–Trinajstić information content (AvgIpc) is 2.81. The number of carbonyl (C=O) groups is 1. The highest BCUT2D eigenvalue weighted by Crippen LogP contribution is 2.14. The number of aromatic nitrogens is 2. The molecular formula is C25H23N3O4. The Bertz CT molecular complexity index is 1330. The Morgan fingerprint density at radius 1 is 1.06 bits per heavy atom. The molecule has 2 aromatic carbocycles. The molecule has 2 heterocycles. The van der Waals surface area contributed by atoms with Gasteiger partial charge in [-0.05, 0) is 29.8 Å². The van der Waals surface area contributed by atoms with E-state index in [1.54, 1.807) is 23.7 Å². The van der Waals surface area contributed by atoms with Crippen molar-refractivity contribution in [2.45, 2.75) is 19.5 Å². The Morgan fingerprint density at radius 3 is 2.47 bits per heavy atom. The predicted molar refractivity (Wildman–Crippen MR) is 121 cm³/mol. The minimum Gasteiger partial charge on any atom is -0.478 e. The molecule has 0 bridgehead atoms. The predicted octanol–water partition coefficient (Wildman–Crippen LogP) is 1.70. The van der Waals surface area contributed by atoms with Crippen LogP contribution in [0, 0.1) is 11.8 Å². The first-order valence-electron chi connectivity index (χ1n) is 10.3. The van der Waals surface area contributed by atoms with E-state index in [1.807, 2.05) is 30.3 Å². The molecule has 7 heteroatoms. The molecule has 4 rings (SSSR count). The van der Waals surface area contributed by atoms with Crippen LogP contribution in [0.4, 0.5) is 0 Å². The molecule has 0 aliphatic carbocycles. The second kappa shape index (κ2) is 9.08. The fourth-order valence-electron chi connectivity index (χ4n) is 3.90. The summed E-state index contributed by atoms with van der Waals surface area (Å²) < 4.78 is 2.77. The fourth-order valence-corrected chi connectivity index (χ4v) is 3.90. The Morgan fingerprint density at radius 2 is 1.78 bits per heavy atom. The number of carboxylic acids is 1. The lowest BCUT2D eigenvalue weighted by Gasteiger charge is -2.28. The lowest BCUT2D eigenvalue weighted by Crippen LogP contribution is -2.47. The molecule has 0 saturated heterocycles. The van der Waals surface area contributed by atoms with Gasteiger partial charge in [-0.2, -0.15) is 0 Å². The normalized spacial score (nSPS) is 13.2. The summed E-state index contributed by atoms with van der Waals surface area (Å²) >= 11 is 0. The van der Waals surface area contributed by atoms with Crippen LogP contribution in [0.15, 0.2) is 64.2 Å². The van der Waals surface area contributed by atoms with Crippen molar-refractivity contribution in [3.05, 3.63) is 103 Å². The Kier molecular flexibility index (Phi) is 6.06. The van der Waals surface area contributed by atoms with Gasteiger partial charge in [0.2, 0.25) is 0 Å². The third-order valence-electron chi connectivity index (χ3n) is 5.67. The molecule has 0 atom stereocenters. The molecule has 0 radical (unpaired) electrons. The molecule has 0 fully saturated rings. The van der Waals surface area contributed by atoms with Gasteiger partial charge in [-0.3, -0.25) is 14.3 Å². The molecule has 162 valence electrons. The summed E-state index contributed by atoms with van der Waals surface area (Å²) in [5, 5.41) is 9.05. The van der Waals surface area contributed by atoms with Gasteiger partial charge in [0.05, 0.1) is 24.2 Å². The van der Waals surface area contributed by atoms with Gasteiger partial charge >= 0.3 is 11.7 Å². The van der Waals surface area contributed by atoms with Gasteiger partial charge in [0.1, 0.15) is 0 Å². The lowest BCUT2D eigenvalue weighted by atomic mass is 10.1. The van der Waals surface area contributed by atoms with Crippen LogP contribution in [0.3, 0.4) is 0 Å². The van der Waals surface area contributed by atoms with Crippen LogP contribution in [0.25, 0.3) is 0 Å². The van der Waals surface area contributed by atoms with Crippen molar-refractivity contribution in [1.29, 1.82) is 0 Å². The van der Waals surface area contributed by atoms with Crippen LogP contribution in [0.2, 0.25) is 0 Å². The number of carboxylic acid groups (broad SMARTS) is 1. The van der Waals surface area contributed by atoms with Crippen LogP contribution in [0.1, 0.15) is 32.7 Å². The van der Waals surface area contributed by atoms with Gasteiger partial charge in [-0.1, -0.05) is 42.2 Å². The quantitative estimate of drug-likeness (QED) is 0.639. The second-order valence-corrected chi connectivity index (χ2v) is 7.79. The first-order valence-corrected chi connectivity index (χ1v) is 10.3. The monoisotopic (exact) mass is 429 g/mol. The van der Waals surface area contributed by atoms with E-state index in [4.69, 9.17) is 5.11 Å². The highest BCUT2D eigenvalue weighted by atomic mass is 16.4. The molecule has 0 saturated carbocycles. The average molecular weight is 429 g/mol. The van der Waals surface area contributed by atoms with Gasteiger partial charge in [-0.15, -0.1) is 0 Å². The van der Waals surface area contributed by atoms with Gasteiger partial charge in [0, 0.05) is 37.8 Å². The Hall–Kier alpha value is -3.89. The summed E-state index contributed by atoms with van der Waals surface area (Å²) in [5.41, 5.74) is 2.51. The Balaban J connectivity index is 1.58. The molecular weight excluding hydrogens is 406 g/mol. The first kappa shape index (κ1) is 21.3. The third-order valence-corrected chi connectivity index (χ3v) is 5.67. The smallest absolute Gasteiger partial charge is 0.335 e. The topological polar surface area (TPSA) is 84.5 Å². The number of benzene rings is 2. The molecule has 3 aromatic rings. The highest BCUT2D eigenvalue weighted by molar-refractivity contribution is 5.87. The lowest BCUT2D eigenvalue weighted by molar-refractivity contribution is 0.0697. The number of rotatable bonds is 4. The van der Waals surface area contributed by atoms with E-state index in [9.17, 15) is 14.4 Å². The Labute approximate surface area is 185 Å². The van der Waals surface area contributed by atoms with Crippen molar-refractivity contribution in [2.24, 2.45) is 7.05 Å². The number of hydrogen-bond donors (Lipinski definition) is 1. The maximum atomic E-state index is 13.2. The highest BCUT2D eigenvalue weighted by Gasteiger charge is 2.23. The zero-order chi connectivity index (χ0) is 22.7. The molecule has 1 aliphatic heterocycles. The van der Waals surface area contributed by atoms with Gasteiger partial charge in [-0.25, -0.2) is 9.59 Å². The van der Waals surface area contributed by atoms with Crippen molar-refractivity contribution in [2.75, 3.05) is 13.1 Å². The molecule has 7 nitrogen and oxygen atoms in total. The first-order chi connectivity index (χ1) is 15.4. The summed E-state index contributed by atoms with van der Waals surface area (Å²) in [6.45, 7) is 1.79. The van der Waals surface area contributed by atoms with E-state index in [0.29, 0.717) is 30.6 Å². The standard InChI is InChI=1S/C25H23N3O4/c1-26-22-13-15-27(14-5-8-18-6-3-2-4-7-18)17-21(22)23(29)28(25(26)32)16-19-9-11-20(12-10-19)24(30)31/h2-4,6-7,9-12H,13-17H2,1H3,(H,30,31). The van der Waals surface area contributed by atoms with E-state index in [2.05, 4.69) is 16.7 Å². The van der Waals surface area contributed by atoms with E-state index < -0.39 is 5.97 Å². The molecule has 1 N–H and O–H groups in total. The molecule has 0 spiro atoms. The van der Waals surface area contributed by atoms with E-state index >= 15 is 0 Å². The minimum atomic E-state index is -1.02. The van der Waals surface area contributed by atoms with Crippen LogP contribution in [-0.2, 0) is 26.6 Å². The number of aromatic carboxylic acids is 1. The van der Waals surface area contributed by atoms with Crippen molar-refractivity contribution in [3.8, 4) is 11.8 Å². The van der Waals surface area contributed by atoms with E-state index in [0.717, 1.165) is 17.8 Å². The fraction of sp³-hybridized carbons (Fsp3) is 0.240. The SMILES string of the molecule is Cn1c2c(c(=O)n(Cc3ccc(C(=O)O)cc3)c1=O)CN(CC#Cc1ccccc1)CC2. The van der Waals surface area contributed by atoms with Crippen molar-refractivity contribution < 1.29 is 9.90 Å². The van der Waals surface area contributed by atoms with Gasteiger partial charge in [0.25, 0.3) is 5.56 Å². The molecule has 1 aliphatic rings. The van der Waals surface area contributed by atoms with Crippen molar-refractivity contribution >= 4 is 5.97 Å². The van der Waals surface area contributed by atoms with Crippen LogP contribution in [0.5, 0.6) is 0 Å². The molecule has 0 amide bonds. The summed E-state index contributed by atoms with van der Waals surface area (Å²) in [4.78, 5) is 39.2. The second-order valence-electron chi connectivity index (χ2n) is 7.79. The maximum Gasteiger partial charge on any atom is 0.335 e. The largest absolute Gasteiger partial charge is 0.478 e. The van der Waals surface area contributed by atoms with Crippen molar-refractivity contribution in [3.63, 3.8) is 0 Å². The summed E-state index contributed by atoms with van der Waals surface area (Å²) in [6, 6.07) is 15.9. The summed E-state index contributed by atoms with van der Waals surface area (Å²) in [5.74, 6) is 5.28. The summed E-state index contributed by atoms with van der Waals surface area (Å²) in [6.07, 6.45) is 0.609. The number of hydrogen-bond acceptors (Lipinski definition) is 4. The molecule has 32 heavy (non-hydrogen) atoms.